The van der Waals surface area contributed by atoms with Crippen molar-refractivity contribution in [3.8, 4) is 6.07 Å². The van der Waals surface area contributed by atoms with Crippen LogP contribution in [0.25, 0.3) is 0 Å². The highest BCUT2D eigenvalue weighted by Crippen LogP contribution is 2.67. The lowest BCUT2D eigenvalue weighted by molar-refractivity contribution is -0.346. The number of amides is 4. The van der Waals surface area contributed by atoms with Gasteiger partial charge in [-0.15, -0.1) is 0 Å². The van der Waals surface area contributed by atoms with E-state index < -0.39 is 225 Å². The van der Waals surface area contributed by atoms with E-state index in [1.807, 2.05) is 14.1 Å². The Labute approximate surface area is 832 Å². The summed E-state index contributed by atoms with van der Waals surface area (Å²) in [6.07, 6.45) is -17.4. The first kappa shape index (κ1) is 114. The molecule has 4 saturated carbocycles. The molecule has 4 amide bonds. The number of hydrogen-bond donors (Lipinski definition) is 8. The van der Waals surface area contributed by atoms with Crippen molar-refractivity contribution in [1.29, 1.82) is 5.26 Å². The average Bonchev–Trinajstić information content (AvgIpc) is 0.766. The van der Waals surface area contributed by atoms with Crippen LogP contribution >= 0.6 is 0 Å². The van der Waals surface area contributed by atoms with Gasteiger partial charge in [0.2, 0.25) is 11.8 Å². The number of likely N-dealkylation sites (tertiary alicyclic amines) is 2. The number of ether oxygens (including phenoxy) is 10. The molecule has 144 heavy (non-hydrogen) atoms. The average molecular weight is 2000 g/mol. The Bertz CT molecular complexity index is 5460. The van der Waals surface area contributed by atoms with Crippen molar-refractivity contribution in [2.24, 2.45) is 33.5 Å². The first-order valence-corrected chi connectivity index (χ1v) is 46.8. The Morgan fingerprint density at radius 2 is 0.729 bits per heavy atom. The second kappa shape index (κ2) is 46.3. The molecule has 0 radical (unpaired) electrons. The first-order valence-electron chi connectivity index (χ1n) is 46.8. The summed E-state index contributed by atoms with van der Waals surface area (Å²) in [5, 5.41) is 87.8. The normalized spacial score (nSPS) is 29.6. The first-order chi connectivity index (χ1) is 66.6. The molecule has 8 fully saturated rings. The number of aliphatic hydroxyl groups excluding tert-OH is 4. The Hall–Kier alpha value is -13.2. The van der Waals surface area contributed by atoms with E-state index in [-0.39, 0.29) is 87.0 Å². The Kier molecular flexibility index (Phi) is 36.8. The van der Waals surface area contributed by atoms with E-state index >= 15 is 9.59 Å². The number of esters is 8. The van der Waals surface area contributed by atoms with Crippen molar-refractivity contribution >= 4 is 82.9 Å². The number of nitriles is 1. The van der Waals surface area contributed by atoms with Crippen molar-refractivity contribution in [2.75, 3.05) is 40.4 Å². The van der Waals surface area contributed by atoms with Crippen molar-refractivity contribution in [3.63, 3.8) is 0 Å². The highest BCUT2D eigenvalue weighted by molar-refractivity contribution is 5.99. The van der Waals surface area contributed by atoms with E-state index in [1.54, 1.807) is 201 Å². The summed E-state index contributed by atoms with van der Waals surface area (Å²) >= 11 is 0. The summed E-state index contributed by atoms with van der Waals surface area (Å²) in [5.41, 5.74) is -14.0. The number of Topliss-reactive ketones (excluding diaryl/α,β-unsaturated/α-hetero) is 2. The Morgan fingerprint density at radius 3 is 0.972 bits per heavy atom. The van der Waals surface area contributed by atoms with E-state index in [1.165, 1.54) is 58.9 Å². The fraction of sp³-hybridized carbons (Fsp3) is 0.481. The number of fused-ring (bicyclic) bond motifs is 10. The van der Waals surface area contributed by atoms with Crippen LogP contribution in [-0.2, 0) is 95.3 Å². The summed E-state index contributed by atoms with van der Waals surface area (Å²) < 4.78 is 60.5. The van der Waals surface area contributed by atoms with Gasteiger partial charge in [-0.05, 0) is 122 Å². The number of ketones is 2. The van der Waals surface area contributed by atoms with Crippen LogP contribution < -0.4 is 10.6 Å². The van der Waals surface area contributed by atoms with Crippen LogP contribution in [0.15, 0.2) is 204 Å². The lowest BCUT2D eigenvalue weighted by Crippen LogP contribution is -2.82. The molecule has 16 rings (SSSR count). The number of nitrogens with zero attached hydrogens (tertiary/aromatic N) is 3. The maximum absolute atomic E-state index is 15.5. The molecule has 38 heteroatoms. The lowest BCUT2D eigenvalue weighted by Gasteiger charge is -2.67. The number of benzene rings is 6. The van der Waals surface area contributed by atoms with Gasteiger partial charge in [0.15, 0.2) is 47.2 Å². The minimum absolute atomic E-state index is 0. The van der Waals surface area contributed by atoms with Crippen molar-refractivity contribution in [2.45, 2.75) is 249 Å². The van der Waals surface area contributed by atoms with Gasteiger partial charge in [0.1, 0.15) is 47.8 Å². The van der Waals surface area contributed by atoms with Crippen LogP contribution in [0.3, 0.4) is 0 Å². The van der Waals surface area contributed by atoms with Crippen molar-refractivity contribution < 1.29 is 162 Å². The van der Waals surface area contributed by atoms with Crippen LogP contribution in [0.5, 0.6) is 0 Å². The molecule has 10 aliphatic rings. The highest BCUT2D eigenvalue weighted by atomic mass is 16.7. The topological polar surface area (TPSA) is 601 Å². The molecular weight excluding hydrogens is 1870 g/mol. The molecule has 4 saturated heterocycles. The number of nitrogens with one attached hydrogen (secondary N) is 2. The van der Waals surface area contributed by atoms with Crippen LogP contribution in [-0.4, -0.2) is 276 Å². The molecule has 776 valence electrons. The fourth-order valence-corrected chi connectivity index (χ4v) is 21.9. The van der Waals surface area contributed by atoms with Gasteiger partial charge in [-0.25, -0.2) is 19.2 Å². The summed E-state index contributed by atoms with van der Waals surface area (Å²) in [6.45, 7) is 19.3. The predicted molar refractivity (Wildman–Crippen MR) is 511 cm³/mol. The van der Waals surface area contributed by atoms with E-state index in [9.17, 15) is 88.2 Å². The summed E-state index contributed by atoms with van der Waals surface area (Å²) in [4.78, 5) is 191. The van der Waals surface area contributed by atoms with Gasteiger partial charge in [0.25, 0.3) is 11.8 Å². The zero-order valence-electron chi connectivity index (χ0n) is 82.9. The molecule has 0 aromatic heterocycles. The van der Waals surface area contributed by atoms with Gasteiger partial charge < -0.3 is 115 Å². The molecule has 4 unspecified atom stereocenters. The number of hydrogen-bond acceptors (Lipinski definition) is 31. The minimum Gasteiger partial charge on any atom is -0.456 e. The van der Waals surface area contributed by atoms with Crippen molar-refractivity contribution in [1.82, 2.24) is 20.4 Å². The van der Waals surface area contributed by atoms with E-state index in [0.29, 0.717) is 22.9 Å². The molecule has 4 aliphatic heterocycles. The third-order valence-electron chi connectivity index (χ3n) is 29.6. The highest BCUT2D eigenvalue weighted by Gasteiger charge is 2.81. The maximum atomic E-state index is 15.5. The number of rotatable bonds is 20. The molecule has 6 aromatic rings. The van der Waals surface area contributed by atoms with Gasteiger partial charge in [0.05, 0.1) is 77.4 Å². The van der Waals surface area contributed by atoms with Crippen molar-refractivity contribution in [3.05, 3.63) is 238 Å². The number of carbonyl (C=O) groups is 14. The maximum Gasteiger partial charge on any atom is 0.338 e. The SMILES string of the molecule is CC#N.CC(=O)O[C@H]1C(=O)[C@@]2(C)C(C(OC(=O)c3ccccc3)[C@]3(O)C[C@H](OC(=O)[C@H](O)[C@@H](NC(=O)c4ccccc4)c4ccccc4)C(C)=C1C3(C)C)[C@]1(OC(C)=O)CO[C@@H]1C[C@@H]2O.CC(=O)O[C@H]1C(=O)[C@@]2(C)C(C(OC(=O)c3ccccc3)[C@]3(O)C[C@H](OC(=O)[C@H](O)[C@@H](NC(=O)c4ccccc4)c4ccccc4)C(C)=C1C3(C)C)[C@]1(OC(C)=O)CO[C@@H]1C[C@@H]2O.CN1CCCC1=O.CN1CCCC1=O.O.O.O. The molecule has 6 aromatic carbocycles. The van der Waals surface area contributed by atoms with E-state index in [0.717, 1.165) is 66.5 Å². The van der Waals surface area contributed by atoms with Crippen LogP contribution in [0.1, 0.15) is 206 Å². The zero-order valence-corrected chi connectivity index (χ0v) is 82.9. The van der Waals surface area contributed by atoms with Gasteiger partial charge >= 0.3 is 47.8 Å². The standard InChI is InChI=1S/2C47H51NO14.2C5H9NO.C2H3N.3H2O/c2*1-25-31(60-43(56)36(52)35(28-16-10-7-11-17-28)48-41(54)29-18-12-8-13-19-29)23-47(57)40(61-42(55)30-20-14-9-15-21-30)38-45(6,32(51)22-33-46(38,24-58-33)62-27(3)50)39(53)37(59-26(2)49)34(25)44(47,4)5;2*1-6-4-2-3-5(6)7;1-2-3;;;/h2*7-21,31-33,35-38,40,51-52,57H,22-24H2,1-6H3,(H,48,54);2*2-4H2,1H3;1H3;3*1H2/t2*31-,32-,33+,35-,36+,37+,38?,40?,45+,46-,47+;;;;;;/m00....../s1. The van der Waals surface area contributed by atoms with Gasteiger partial charge in [-0.2, -0.15) is 5.26 Å². The Balaban J connectivity index is 0.000000270. The second-order valence-electron chi connectivity index (χ2n) is 38.8. The monoisotopic (exact) mass is 2000 g/mol. The second-order valence-corrected chi connectivity index (χ2v) is 38.8. The van der Waals surface area contributed by atoms with Gasteiger partial charge in [0, 0.05) is 122 Å². The molecule has 4 bridgehead atoms. The van der Waals surface area contributed by atoms with Crippen LogP contribution in [0.2, 0.25) is 0 Å². The molecule has 6 aliphatic carbocycles. The molecule has 0 spiro atoms. The predicted octanol–water partition coefficient (Wildman–Crippen LogP) is 6.00. The molecule has 38 nitrogen and oxygen atoms in total. The molecular formula is C106H129N5O33. The van der Waals surface area contributed by atoms with Crippen LogP contribution in [0.4, 0.5) is 0 Å². The van der Waals surface area contributed by atoms with Gasteiger partial charge in [-0.3, -0.25) is 47.9 Å². The third-order valence-corrected chi connectivity index (χ3v) is 29.6. The quantitative estimate of drug-likeness (QED) is 0.0246. The van der Waals surface area contributed by atoms with E-state index in [2.05, 4.69) is 10.6 Å². The Morgan fingerprint density at radius 1 is 0.444 bits per heavy atom. The minimum atomic E-state index is -2.39. The summed E-state index contributed by atoms with van der Waals surface area (Å²) in [5.74, 6) is -13.1. The zero-order chi connectivity index (χ0) is 103. The van der Waals surface area contributed by atoms with Gasteiger partial charge in [-0.1, -0.05) is 161 Å². The largest absolute Gasteiger partial charge is 0.456 e. The van der Waals surface area contributed by atoms with Crippen LogP contribution in [0, 0.1) is 44.8 Å². The van der Waals surface area contributed by atoms with E-state index in [4.69, 9.17) is 52.6 Å². The fourth-order valence-electron chi connectivity index (χ4n) is 21.9. The number of carbonyl (C=O) groups excluding carboxylic acids is 14. The lowest BCUT2D eigenvalue weighted by atomic mass is 9.44. The molecule has 14 N–H and O–H groups in total. The summed E-state index contributed by atoms with van der Waals surface area (Å²) in [6, 6.07) is 47.6. The molecule has 4 heterocycles. The number of aliphatic hydroxyl groups is 6. The summed E-state index contributed by atoms with van der Waals surface area (Å²) in [7, 11) is 3.69. The molecule has 22 atom stereocenters. The smallest absolute Gasteiger partial charge is 0.338 e. The third kappa shape index (κ3) is 22.1.